The maximum absolute atomic E-state index is 13.0. The molecule has 36 heavy (non-hydrogen) atoms. The topological polar surface area (TPSA) is 78.5 Å². The summed E-state index contributed by atoms with van der Waals surface area (Å²) in [5.74, 6) is 0.0995. The van der Waals surface area contributed by atoms with E-state index in [-0.39, 0.29) is 42.5 Å². The second kappa shape index (κ2) is 13.7. The molecule has 194 valence electrons. The van der Waals surface area contributed by atoms with Gasteiger partial charge in [-0.1, -0.05) is 60.0 Å². The fraction of sp³-hybridized carbons (Fsp3) is 0.464. The minimum absolute atomic E-state index is 0.0485. The van der Waals surface area contributed by atoms with Crippen LogP contribution in [-0.2, 0) is 14.4 Å². The predicted octanol–water partition coefficient (Wildman–Crippen LogP) is 5.62. The lowest BCUT2D eigenvalue weighted by Crippen LogP contribution is -2.34. The Kier molecular flexibility index (Phi) is 10.6. The molecule has 6 nitrogen and oxygen atoms in total. The number of nitrogens with one attached hydrogen (secondary N) is 2. The molecule has 2 aromatic carbocycles. The molecule has 0 spiro atoms. The van der Waals surface area contributed by atoms with Crippen LogP contribution in [0.5, 0.6) is 0 Å². The molecule has 0 radical (unpaired) electrons. The Morgan fingerprint density at radius 2 is 1.61 bits per heavy atom. The summed E-state index contributed by atoms with van der Waals surface area (Å²) in [6.07, 6.45) is 5.12. The van der Waals surface area contributed by atoms with Crippen molar-refractivity contribution in [2.75, 3.05) is 20.6 Å². The molecule has 0 unspecified atom stereocenters. The van der Waals surface area contributed by atoms with Crippen molar-refractivity contribution in [3.63, 3.8) is 0 Å². The maximum atomic E-state index is 13.0. The first-order valence-electron chi connectivity index (χ1n) is 12.6. The molecule has 0 saturated carbocycles. The van der Waals surface area contributed by atoms with Crippen molar-refractivity contribution < 1.29 is 14.4 Å². The Hall–Kier alpha value is -2.57. The molecular formula is C28H35Cl2N3O3. The van der Waals surface area contributed by atoms with Gasteiger partial charge in [-0.15, -0.1) is 0 Å². The fourth-order valence-corrected chi connectivity index (χ4v) is 5.15. The van der Waals surface area contributed by atoms with E-state index >= 15 is 0 Å². The lowest BCUT2D eigenvalue weighted by atomic mass is 9.76. The van der Waals surface area contributed by atoms with Crippen molar-refractivity contribution >= 4 is 40.9 Å². The first kappa shape index (κ1) is 28.0. The lowest BCUT2D eigenvalue weighted by Gasteiger charge is -2.37. The van der Waals surface area contributed by atoms with Crippen molar-refractivity contribution in [2.24, 2.45) is 0 Å². The van der Waals surface area contributed by atoms with Gasteiger partial charge in [0.25, 0.3) is 0 Å². The Morgan fingerprint density at radius 1 is 0.889 bits per heavy atom. The first-order chi connectivity index (χ1) is 17.3. The first-order valence-corrected chi connectivity index (χ1v) is 13.3. The standard InChI is InChI=1S/C28H35Cl2N3O3/c1-31-26(34)15-16-27(35)32-17-7-3-4-10-28(36)33(2)25-14-12-20(21-8-5-6-9-22(21)25)19-11-13-23(29)24(30)18-19/h5-6,8-9,11,13,18,20,25H,3-4,7,10,12,14-17H2,1-2H3,(H,31,34)(H,32,35)/t20-,25-/m0/s1. The van der Waals surface area contributed by atoms with Crippen LogP contribution in [0.25, 0.3) is 0 Å². The summed E-state index contributed by atoms with van der Waals surface area (Å²) in [6.45, 7) is 0.558. The van der Waals surface area contributed by atoms with Crippen LogP contribution < -0.4 is 10.6 Å². The Balaban J connectivity index is 1.49. The van der Waals surface area contributed by atoms with Gasteiger partial charge in [0.15, 0.2) is 0 Å². The molecule has 2 atom stereocenters. The van der Waals surface area contributed by atoms with Crippen LogP contribution in [-0.4, -0.2) is 43.3 Å². The molecule has 3 rings (SSSR count). The van der Waals surface area contributed by atoms with E-state index in [9.17, 15) is 14.4 Å². The van der Waals surface area contributed by atoms with Gasteiger partial charge < -0.3 is 15.5 Å². The van der Waals surface area contributed by atoms with Crippen molar-refractivity contribution in [1.29, 1.82) is 0 Å². The van der Waals surface area contributed by atoms with E-state index < -0.39 is 0 Å². The van der Waals surface area contributed by atoms with Gasteiger partial charge in [-0.05, 0) is 54.5 Å². The molecule has 2 N–H and O–H groups in total. The number of hydrogen-bond acceptors (Lipinski definition) is 3. The normalized spacial score (nSPS) is 16.7. The van der Waals surface area contributed by atoms with Crippen LogP contribution in [0.1, 0.15) is 80.0 Å². The summed E-state index contributed by atoms with van der Waals surface area (Å²) in [5.41, 5.74) is 3.57. The quantitative estimate of drug-likeness (QED) is 0.369. The van der Waals surface area contributed by atoms with Crippen molar-refractivity contribution in [1.82, 2.24) is 15.5 Å². The van der Waals surface area contributed by atoms with Crippen LogP contribution >= 0.6 is 23.2 Å². The Labute approximate surface area is 223 Å². The van der Waals surface area contributed by atoms with Crippen LogP contribution in [0.4, 0.5) is 0 Å². The van der Waals surface area contributed by atoms with Gasteiger partial charge >= 0.3 is 0 Å². The number of fused-ring (bicyclic) bond motifs is 1. The monoisotopic (exact) mass is 531 g/mol. The van der Waals surface area contributed by atoms with E-state index in [1.807, 2.05) is 42.3 Å². The second-order valence-electron chi connectivity index (χ2n) is 9.29. The lowest BCUT2D eigenvalue weighted by molar-refractivity contribution is -0.132. The molecule has 8 heteroatoms. The van der Waals surface area contributed by atoms with Gasteiger partial charge in [-0.2, -0.15) is 0 Å². The maximum Gasteiger partial charge on any atom is 0.222 e. The minimum Gasteiger partial charge on any atom is -0.359 e. The number of unbranched alkanes of at least 4 members (excludes halogenated alkanes) is 2. The molecule has 2 aromatic rings. The molecule has 0 saturated heterocycles. The summed E-state index contributed by atoms with van der Waals surface area (Å²) < 4.78 is 0. The summed E-state index contributed by atoms with van der Waals surface area (Å²) >= 11 is 12.4. The zero-order valence-corrected chi connectivity index (χ0v) is 22.5. The Morgan fingerprint density at radius 3 is 2.33 bits per heavy atom. The van der Waals surface area contributed by atoms with Crippen LogP contribution in [0.3, 0.4) is 0 Å². The minimum atomic E-state index is -0.140. The molecule has 0 heterocycles. The number of halogens is 2. The Bertz CT molecular complexity index is 1080. The summed E-state index contributed by atoms with van der Waals surface area (Å²) in [5, 5.41) is 6.44. The average Bonchev–Trinajstić information content (AvgIpc) is 2.89. The number of rotatable bonds is 11. The SMILES string of the molecule is CNC(=O)CCC(=O)NCCCCCC(=O)N(C)[C@H]1CC[C@@H](c2ccc(Cl)c(Cl)c2)c2ccccc21. The second-order valence-corrected chi connectivity index (χ2v) is 10.1. The van der Waals surface area contributed by atoms with E-state index in [0.29, 0.717) is 23.0 Å². The smallest absolute Gasteiger partial charge is 0.222 e. The third kappa shape index (κ3) is 7.47. The van der Waals surface area contributed by atoms with E-state index in [4.69, 9.17) is 23.2 Å². The molecule has 3 amide bonds. The van der Waals surface area contributed by atoms with Gasteiger partial charge in [0.05, 0.1) is 16.1 Å². The van der Waals surface area contributed by atoms with Gasteiger partial charge in [0.1, 0.15) is 0 Å². The third-order valence-electron chi connectivity index (χ3n) is 6.91. The van der Waals surface area contributed by atoms with E-state index in [2.05, 4.69) is 22.8 Å². The highest BCUT2D eigenvalue weighted by atomic mass is 35.5. The molecule has 0 bridgehead atoms. The zero-order chi connectivity index (χ0) is 26.1. The summed E-state index contributed by atoms with van der Waals surface area (Å²) in [6, 6.07) is 14.2. The zero-order valence-electron chi connectivity index (χ0n) is 21.0. The number of amides is 3. The fourth-order valence-electron chi connectivity index (χ4n) is 4.84. The summed E-state index contributed by atoms with van der Waals surface area (Å²) in [4.78, 5) is 37.8. The number of hydrogen-bond donors (Lipinski definition) is 2. The van der Waals surface area contributed by atoms with E-state index in [0.717, 1.165) is 37.7 Å². The molecule has 1 aliphatic carbocycles. The number of carbonyl (C=O) groups is 3. The molecule has 1 aliphatic rings. The van der Waals surface area contributed by atoms with Gasteiger partial charge in [-0.3, -0.25) is 14.4 Å². The third-order valence-corrected chi connectivity index (χ3v) is 7.65. The highest BCUT2D eigenvalue weighted by Crippen LogP contribution is 2.44. The van der Waals surface area contributed by atoms with Gasteiger partial charge in [0, 0.05) is 45.8 Å². The van der Waals surface area contributed by atoms with Crippen LogP contribution in [0.15, 0.2) is 42.5 Å². The number of benzene rings is 2. The molecular weight excluding hydrogens is 497 g/mol. The van der Waals surface area contributed by atoms with Crippen molar-refractivity contribution in [2.45, 2.75) is 63.3 Å². The van der Waals surface area contributed by atoms with Crippen molar-refractivity contribution in [3.05, 3.63) is 69.2 Å². The van der Waals surface area contributed by atoms with E-state index in [1.165, 1.54) is 11.1 Å². The molecule has 0 fully saturated rings. The van der Waals surface area contributed by atoms with Crippen LogP contribution in [0.2, 0.25) is 10.0 Å². The highest BCUT2D eigenvalue weighted by molar-refractivity contribution is 6.42. The summed E-state index contributed by atoms with van der Waals surface area (Å²) in [7, 11) is 3.45. The predicted molar refractivity (Wildman–Crippen MR) is 144 cm³/mol. The number of nitrogens with zero attached hydrogens (tertiary/aromatic N) is 1. The highest BCUT2D eigenvalue weighted by Gasteiger charge is 2.32. The van der Waals surface area contributed by atoms with Gasteiger partial charge in [0.2, 0.25) is 17.7 Å². The van der Waals surface area contributed by atoms with Gasteiger partial charge in [-0.25, -0.2) is 0 Å². The largest absolute Gasteiger partial charge is 0.359 e. The number of carbonyl (C=O) groups excluding carboxylic acids is 3. The molecule has 0 aromatic heterocycles. The van der Waals surface area contributed by atoms with E-state index in [1.54, 1.807) is 7.05 Å². The average molecular weight is 533 g/mol. The van der Waals surface area contributed by atoms with Crippen molar-refractivity contribution in [3.8, 4) is 0 Å². The van der Waals surface area contributed by atoms with Crippen LogP contribution in [0, 0.1) is 0 Å². The molecule has 0 aliphatic heterocycles.